The maximum absolute atomic E-state index is 5.99. The van der Waals surface area contributed by atoms with Crippen LogP contribution in [0.3, 0.4) is 0 Å². The quantitative estimate of drug-likeness (QED) is 0.701. The van der Waals surface area contributed by atoms with Crippen LogP contribution >= 0.6 is 11.3 Å². The van der Waals surface area contributed by atoms with Gasteiger partial charge in [0.15, 0.2) is 5.82 Å². The standard InChI is InChI=1S/C20H22N4OS/c21-14-5-3-4-13(12-14)18-22-19(24-8-10-25-11-9-24)17-15-6-1-2-7-16(15)26-20(17)23-18/h3-5,12H,1-2,6-11,21H2. The minimum Gasteiger partial charge on any atom is -0.399 e. The largest absolute Gasteiger partial charge is 0.399 e. The van der Waals surface area contributed by atoms with Crippen LogP contribution in [0, 0.1) is 0 Å². The molecule has 0 saturated carbocycles. The molecule has 3 heterocycles. The fraction of sp³-hybridized carbons (Fsp3) is 0.400. The summed E-state index contributed by atoms with van der Waals surface area (Å²) in [6.07, 6.45) is 4.86. The van der Waals surface area contributed by atoms with E-state index in [4.69, 9.17) is 20.4 Å². The molecule has 6 heteroatoms. The molecule has 1 aromatic carbocycles. The van der Waals surface area contributed by atoms with Crippen molar-refractivity contribution >= 4 is 33.1 Å². The van der Waals surface area contributed by atoms with Crippen LogP contribution in [0.15, 0.2) is 24.3 Å². The lowest BCUT2D eigenvalue weighted by atomic mass is 9.97. The third-order valence-corrected chi connectivity index (χ3v) is 6.44. The molecule has 0 radical (unpaired) electrons. The van der Waals surface area contributed by atoms with Crippen LogP contribution in [0.4, 0.5) is 11.5 Å². The van der Waals surface area contributed by atoms with Crippen LogP contribution in [0.2, 0.25) is 0 Å². The monoisotopic (exact) mass is 366 g/mol. The maximum atomic E-state index is 5.99. The molecule has 0 amide bonds. The van der Waals surface area contributed by atoms with Crippen LogP contribution in [0.1, 0.15) is 23.3 Å². The predicted octanol–water partition coefficient (Wildman–Crippen LogP) is 3.66. The number of fused-ring (bicyclic) bond motifs is 3. The maximum Gasteiger partial charge on any atom is 0.163 e. The van der Waals surface area contributed by atoms with E-state index in [1.165, 1.54) is 35.1 Å². The third kappa shape index (κ3) is 2.73. The van der Waals surface area contributed by atoms with E-state index in [1.807, 2.05) is 35.6 Å². The summed E-state index contributed by atoms with van der Waals surface area (Å²) in [5.74, 6) is 1.85. The number of hydrogen-bond acceptors (Lipinski definition) is 6. The Bertz CT molecular complexity index is 962. The topological polar surface area (TPSA) is 64.3 Å². The molecule has 5 rings (SSSR count). The van der Waals surface area contributed by atoms with Gasteiger partial charge >= 0.3 is 0 Å². The Morgan fingerprint density at radius 1 is 1.08 bits per heavy atom. The highest BCUT2D eigenvalue weighted by Gasteiger charge is 2.25. The number of hydrogen-bond donors (Lipinski definition) is 1. The summed E-state index contributed by atoms with van der Waals surface area (Å²) in [7, 11) is 0. The second-order valence-electron chi connectivity index (χ2n) is 6.99. The van der Waals surface area contributed by atoms with Crippen LogP contribution in [-0.4, -0.2) is 36.3 Å². The first-order chi connectivity index (χ1) is 12.8. The van der Waals surface area contributed by atoms with Crippen molar-refractivity contribution in [3.05, 3.63) is 34.7 Å². The average Bonchev–Trinajstić information content (AvgIpc) is 3.06. The highest BCUT2D eigenvalue weighted by molar-refractivity contribution is 7.19. The molecule has 3 aromatic rings. The van der Waals surface area contributed by atoms with Crippen molar-refractivity contribution < 1.29 is 4.74 Å². The number of morpholine rings is 1. The van der Waals surface area contributed by atoms with Crippen molar-refractivity contribution in [1.29, 1.82) is 0 Å². The first-order valence-electron chi connectivity index (χ1n) is 9.30. The fourth-order valence-corrected chi connectivity index (χ4v) is 5.20. The van der Waals surface area contributed by atoms with E-state index in [-0.39, 0.29) is 0 Å². The van der Waals surface area contributed by atoms with Gasteiger partial charge in [0, 0.05) is 29.2 Å². The average molecular weight is 366 g/mol. The molecule has 5 nitrogen and oxygen atoms in total. The number of thiophene rings is 1. The molecule has 2 N–H and O–H groups in total. The molecule has 0 bridgehead atoms. The van der Waals surface area contributed by atoms with Crippen molar-refractivity contribution in [1.82, 2.24) is 9.97 Å². The first kappa shape index (κ1) is 16.0. The molecule has 134 valence electrons. The minimum atomic E-state index is 0.740. The van der Waals surface area contributed by atoms with E-state index in [1.54, 1.807) is 0 Å². The van der Waals surface area contributed by atoms with Crippen molar-refractivity contribution in [3.63, 3.8) is 0 Å². The smallest absolute Gasteiger partial charge is 0.163 e. The molecule has 2 aliphatic rings. The zero-order chi connectivity index (χ0) is 17.5. The van der Waals surface area contributed by atoms with Gasteiger partial charge in [0.1, 0.15) is 10.6 Å². The Kier molecular flexibility index (Phi) is 4.02. The third-order valence-electron chi connectivity index (χ3n) is 5.25. The van der Waals surface area contributed by atoms with Crippen LogP contribution in [0.5, 0.6) is 0 Å². The molecule has 1 aliphatic carbocycles. The Labute approximate surface area is 156 Å². The zero-order valence-electron chi connectivity index (χ0n) is 14.7. The summed E-state index contributed by atoms with van der Waals surface area (Å²) in [6.45, 7) is 3.27. The van der Waals surface area contributed by atoms with E-state index in [0.717, 1.165) is 60.4 Å². The van der Waals surface area contributed by atoms with Crippen LogP contribution in [-0.2, 0) is 17.6 Å². The molecular formula is C20H22N4OS. The zero-order valence-corrected chi connectivity index (χ0v) is 15.5. The van der Waals surface area contributed by atoms with Crippen molar-refractivity contribution in [2.24, 2.45) is 0 Å². The second-order valence-corrected chi connectivity index (χ2v) is 8.07. The summed E-state index contributed by atoms with van der Waals surface area (Å²) < 4.78 is 5.56. The molecule has 26 heavy (non-hydrogen) atoms. The van der Waals surface area contributed by atoms with Gasteiger partial charge in [-0.3, -0.25) is 0 Å². The highest BCUT2D eigenvalue weighted by Crippen LogP contribution is 2.41. The van der Waals surface area contributed by atoms with E-state index in [2.05, 4.69) is 4.90 Å². The van der Waals surface area contributed by atoms with Crippen LogP contribution < -0.4 is 10.6 Å². The molecule has 0 spiro atoms. The van der Waals surface area contributed by atoms with E-state index < -0.39 is 0 Å². The van der Waals surface area contributed by atoms with Gasteiger partial charge in [-0.05, 0) is 43.4 Å². The number of ether oxygens (including phenoxy) is 1. The minimum absolute atomic E-state index is 0.740. The summed E-state index contributed by atoms with van der Waals surface area (Å²) >= 11 is 1.85. The van der Waals surface area contributed by atoms with E-state index in [9.17, 15) is 0 Å². The van der Waals surface area contributed by atoms with Gasteiger partial charge in [0.2, 0.25) is 0 Å². The summed E-state index contributed by atoms with van der Waals surface area (Å²) in [4.78, 5) is 14.9. The van der Waals surface area contributed by atoms with Crippen molar-refractivity contribution in [2.45, 2.75) is 25.7 Å². The number of rotatable bonds is 2. The molecule has 1 aliphatic heterocycles. The van der Waals surface area contributed by atoms with Crippen molar-refractivity contribution in [2.75, 3.05) is 36.9 Å². The summed E-state index contributed by atoms with van der Waals surface area (Å²) in [6, 6.07) is 7.85. The normalized spacial score (nSPS) is 17.5. The van der Waals surface area contributed by atoms with Gasteiger partial charge in [-0.15, -0.1) is 11.3 Å². The lowest BCUT2D eigenvalue weighted by molar-refractivity contribution is 0.122. The molecule has 0 atom stereocenters. The summed E-state index contributed by atoms with van der Waals surface area (Å²) in [5.41, 5.74) is 9.19. The number of nitrogens with zero attached hydrogens (tertiary/aromatic N) is 3. The number of benzene rings is 1. The number of nitrogen functional groups attached to an aromatic ring is 1. The van der Waals surface area contributed by atoms with Crippen LogP contribution in [0.25, 0.3) is 21.6 Å². The van der Waals surface area contributed by atoms with E-state index in [0.29, 0.717) is 0 Å². The van der Waals surface area contributed by atoms with Gasteiger partial charge in [0.05, 0.1) is 18.6 Å². The van der Waals surface area contributed by atoms with Gasteiger partial charge in [0.25, 0.3) is 0 Å². The number of nitrogens with two attached hydrogens (primary N) is 1. The lowest BCUT2D eigenvalue weighted by Gasteiger charge is -2.29. The Morgan fingerprint density at radius 2 is 1.92 bits per heavy atom. The van der Waals surface area contributed by atoms with Gasteiger partial charge in [-0.25, -0.2) is 9.97 Å². The predicted molar refractivity (Wildman–Crippen MR) is 107 cm³/mol. The molecule has 2 aromatic heterocycles. The Balaban J connectivity index is 1.73. The Morgan fingerprint density at radius 3 is 2.77 bits per heavy atom. The molecule has 1 saturated heterocycles. The molecule has 1 fully saturated rings. The van der Waals surface area contributed by atoms with Crippen molar-refractivity contribution in [3.8, 4) is 11.4 Å². The van der Waals surface area contributed by atoms with Gasteiger partial charge in [-0.2, -0.15) is 0 Å². The molecule has 0 unspecified atom stereocenters. The fourth-order valence-electron chi connectivity index (χ4n) is 3.95. The SMILES string of the molecule is Nc1cccc(-c2nc(N3CCOCC3)c3c4c(sc3n2)CCCC4)c1. The lowest BCUT2D eigenvalue weighted by Crippen LogP contribution is -2.37. The number of anilines is 2. The summed E-state index contributed by atoms with van der Waals surface area (Å²) in [5, 5.41) is 1.28. The number of aromatic nitrogens is 2. The highest BCUT2D eigenvalue weighted by atomic mass is 32.1. The van der Waals surface area contributed by atoms with Gasteiger partial charge in [-0.1, -0.05) is 12.1 Å². The molecular weight excluding hydrogens is 344 g/mol. The second kappa shape index (κ2) is 6.52. The number of aryl methyl sites for hydroxylation is 2. The first-order valence-corrected chi connectivity index (χ1v) is 10.1. The Hall–Kier alpha value is -2.18. The van der Waals surface area contributed by atoms with E-state index >= 15 is 0 Å². The van der Waals surface area contributed by atoms with Gasteiger partial charge < -0.3 is 15.4 Å².